The standard InChI is InChI=1S/C25H32N6O5/c1-3-35-19(32)13-12-18(24(34)36-4-2)29-23(33)16-10-8-15(9-11-16)6-5-7-17-14-28-22-20(17)21(26)30-25(27)31-22/h8-11,14,18H,3-7,12-13H2,1-2H3,(H,29,33)(H5,26,27,28,30,31)/t18-/m1/s1. The van der Waals surface area contributed by atoms with E-state index in [1.54, 1.807) is 26.0 Å². The molecule has 3 rings (SSSR count). The summed E-state index contributed by atoms with van der Waals surface area (Å²) in [5, 5.41) is 3.45. The summed E-state index contributed by atoms with van der Waals surface area (Å²) in [5.41, 5.74) is 14.8. The van der Waals surface area contributed by atoms with Crippen LogP contribution in [0.4, 0.5) is 11.8 Å². The van der Waals surface area contributed by atoms with E-state index < -0.39 is 23.9 Å². The SMILES string of the molecule is CCOC(=O)CC[C@@H](NC(=O)c1ccc(CCCc2c[nH]c3nc(N)nc(N)c23)cc1)C(=O)OCC. The van der Waals surface area contributed by atoms with Gasteiger partial charge in [-0.3, -0.25) is 9.59 Å². The van der Waals surface area contributed by atoms with Gasteiger partial charge in [0.05, 0.1) is 18.6 Å². The van der Waals surface area contributed by atoms with Gasteiger partial charge in [-0.15, -0.1) is 0 Å². The molecule has 0 saturated heterocycles. The van der Waals surface area contributed by atoms with Crippen molar-refractivity contribution in [2.24, 2.45) is 0 Å². The molecule has 0 aliphatic rings. The minimum atomic E-state index is -0.940. The summed E-state index contributed by atoms with van der Waals surface area (Å²) in [7, 11) is 0. The third kappa shape index (κ3) is 6.94. The Morgan fingerprint density at radius 3 is 2.44 bits per heavy atom. The van der Waals surface area contributed by atoms with Crippen LogP contribution in [0, 0.1) is 0 Å². The number of anilines is 2. The molecule has 1 atom stereocenters. The molecule has 2 heterocycles. The lowest BCUT2D eigenvalue weighted by Gasteiger charge is -2.17. The Hall–Kier alpha value is -4.15. The molecule has 192 valence electrons. The molecular weight excluding hydrogens is 464 g/mol. The number of carbonyl (C=O) groups is 3. The molecule has 0 saturated carbocycles. The van der Waals surface area contributed by atoms with Crippen molar-refractivity contribution in [2.45, 2.75) is 52.0 Å². The van der Waals surface area contributed by atoms with Gasteiger partial charge < -0.3 is 31.2 Å². The van der Waals surface area contributed by atoms with Gasteiger partial charge in [-0.2, -0.15) is 9.97 Å². The molecule has 2 aromatic heterocycles. The van der Waals surface area contributed by atoms with E-state index in [4.69, 9.17) is 20.9 Å². The Kier molecular flexibility index (Phi) is 9.20. The van der Waals surface area contributed by atoms with Crippen LogP contribution in [0.1, 0.15) is 54.6 Å². The molecule has 11 heteroatoms. The number of H-pyrrole nitrogens is 1. The summed E-state index contributed by atoms with van der Waals surface area (Å²) in [6.07, 6.45) is 4.36. The number of fused-ring (bicyclic) bond motifs is 1. The highest BCUT2D eigenvalue weighted by Gasteiger charge is 2.24. The van der Waals surface area contributed by atoms with Crippen LogP contribution in [0.3, 0.4) is 0 Å². The molecule has 6 N–H and O–H groups in total. The van der Waals surface area contributed by atoms with Crippen molar-refractivity contribution in [1.29, 1.82) is 0 Å². The quantitative estimate of drug-likeness (QED) is 0.274. The van der Waals surface area contributed by atoms with Crippen LogP contribution < -0.4 is 16.8 Å². The highest BCUT2D eigenvalue weighted by Crippen LogP contribution is 2.24. The molecule has 0 aliphatic carbocycles. The summed E-state index contributed by atoms with van der Waals surface area (Å²) in [6, 6.07) is 6.22. The summed E-state index contributed by atoms with van der Waals surface area (Å²) in [6.45, 7) is 3.81. The van der Waals surface area contributed by atoms with Gasteiger partial charge in [-0.25, -0.2) is 4.79 Å². The number of nitrogens with zero attached hydrogens (tertiary/aromatic N) is 2. The molecule has 36 heavy (non-hydrogen) atoms. The lowest BCUT2D eigenvalue weighted by atomic mass is 10.0. The molecule has 0 spiro atoms. The Morgan fingerprint density at radius 1 is 1.03 bits per heavy atom. The molecule has 0 fully saturated rings. The number of aromatic amines is 1. The number of amides is 1. The Morgan fingerprint density at radius 2 is 1.75 bits per heavy atom. The van der Waals surface area contributed by atoms with E-state index in [9.17, 15) is 14.4 Å². The van der Waals surface area contributed by atoms with Crippen molar-refractivity contribution in [1.82, 2.24) is 20.3 Å². The average molecular weight is 497 g/mol. The van der Waals surface area contributed by atoms with E-state index in [2.05, 4.69) is 20.3 Å². The first kappa shape index (κ1) is 26.5. The number of nitrogens with two attached hydrogens (primary N) is 2. The molecule has 0 unspecified atom stereocenters. The average Bonchev–Trinajstić information content (AvgIpc) is 3.25. The smallest absolute Gasteiger partial charge is 0.328 e. The minimum Gasteiger partial charge on any atom is -0.466 e. The number of rotatable bonds is 12. The number of aryl methyl sites for hydroxylation is 2. The fourth-order valence-electron chi connectivity index (χ4n) is 3.88. The van der Waals surface area contributed by atoms with Crippen molar-refractivity contribution in [3.05, 3.63) is 47.2 Å². The van der Waals surface area contributed by atoms with Crippen LogP contribution in [0.2, 0.25) is 0 Å². The second-order valence-electron chi connectivity index (χ2n) is 8.18. The van der Waals surface area contributed by atoms with E-state index in [0.29, 0.717) is 17.0 Å². The number of hydrogen-bond donors (Lipinski definition) is 4. The largest absolute Gasteiger partial charge is 0.466 e. The van der Waals surface area contributed by atoms with Crippen LogP contribution in [-0.4, -0.2) is 52.1 Å². The van der Waals surface area contributed by atoms with E-state index in [1.165, 1.54) is 0 Å². The molecule has 1 aromatic carbocycles. The Balaban J connectivity index is 1.56. The number of esters is 2. The van der Waals surface area contributed by atoms with Gasteiger partial charge in [-0.1, -0.05) is 12.1 Å². The van der Waals surface area contributed by atoms with Crippen molar-refractivity contribution < 1.29 is 23.9 Å². The second kappa shape index (κ2) is 12.5. The van der Waals surface area contributed by atoms with Crippen molar-refractivity contribution in [2.75, 3.05) is 24.7 Å². The summed E-state index contributed by atoms with van der Waals surface area (Å²) >= 11 is 0. The number of aromatic nitrogens is 3. The lowest BCUT2D eigenvalue weighted by molar-refractivity contribution is -0.146. The fourth-order valence-corrected chi connectivity index (χ4v) is 3.88. The molecule has 0 aliphatic heterocycles. The zero-order valence-electron chi connectivity index (χ0n) is 20.5. The van der Waals surface area contributed by atoms with Gasteiger partial charge in [0.1, 0.15) is 17.5 Å². The molecule has 0 bridgehead atoms. The van der Waals surface area contributed by atoms with Crippen LogP contribution in [-0.2, 0) is 31.9 Å². The Labute approximate surface area is 209 Å². The zero-order valence-corrected chi connectivity index (χ0v) is 20.5. The maximum absolute atomic E-state index is 12.7. The molecule has 11 nitrogen and oxygen atoms in total. The normalized spacial score (nSPS) is 11.7. The molecular formula is C25H32N6O5. The number of benzene rings is 1. The van der Waals surface area contributed by atoms with Gasteiger partial charge in [0, 0.05) is 18.2 Å². The maximum Gasteiger partial charge on any atom is 0.328 e. The number of nitrogen functional groups attached to an aromatic ring is 2. The monoisotopic (exact) mass is 496 g/mol. The minimum absolute atomic E-state index is 0.00186. The first-order valence-electron chi connectivity index (χ1n) is 11.9. The van der Waals surface area contributed by atoms with Crippen LogP contribution in [0.15, 0.2) is 30.5 Å². The first-order valence-corrected chi connectivity index (χ1v) is 11.9. The highest BCUT2D eigenvalue weighted by atomic mass is 16.5. The Bertz CT molecular complexity index is 1210. The predicted molar refractivity (Wildman–Crippen MR) is 135 cm³/mol. The van der Waals surface area contributed by atoms with Crippen LogP contribution >= 0.6 is 0 Å². The number of carbonyl (C=O) groups excluding carboxylic acids is 3. The third-order valence-corrected chi connectivity index (χ3v) is 5.61. The van der Waals surface area contributed by atoms with Gasteiger partial charge in [0.15, 0.2) is 0 Å². The molecule has 1 amide bonds. The third-order valence-electron chi connectivity index (χ3n) is 5.61. The molecule has 0 radical (unpaired) electrons. The van der Waals surface area contributed by atoms with Crippen molar-refractivity contribution in [3.63, 3.8) is 0 Å². The topological polar surface area (TPSA) is 175 Å². The van der Waals surface area contributed by atoms with E-state index in [1.807, 2.05) is 18.3 Å². The fraction of sp³-hybridized carbons (Fsp3) is 0.400. The summed E-state index contributed by atoms with van der Waals surface area (Å²) < 4.78 is 9.94. The highest BCUT2D eigenvalue weighted by molar-refractivity contribution is 5.97. The summed E-state index contributed by atoms with van der Waals surface area (Å²) in [4.78, 5) is 47.9. The molecule has 3 aromatic rings. The van der Waals surface area contributed by atoms with Crippen LogP contribution in [0.25, 0.3) is 11.0 Å². The number of hydrogen-bond acceptors (Lipinski definition) is 9. The maximum atomic E-state index is 12.7. The van der Waals surface area contributed by atoms with Crippen LogP contribution in [0.5, 0.6) is 0 Å². The number of ether oxygens (including phenoxy) is 2. The van der Waals surface area contributed by atoms with Gasteiger partial charge >= 0.3 is 11.9 Å². The van der Waals surface area contributed by atoms with E-state index >= 15 is 0 Å². The van der Waals surface area contributed by atoms with E-state index in [-0.39, 0.29) is 32.0 Å². The zero-order chi connectivity index (χ0) is 26.1. The number of nitrogens with one attached hydrogen (secondary N) is 2. The first-order chi connectivity index (χ1) is 17.3. The predicted octanol–water partition coefficient (Wildman–Crippen LogP) is 2.30. The van der Waals surface area contributed by atoms with Crippen molar-refractivity contribution in [3.8, 4) is 0 Å². The van der Waals surface area contributed by atoms with E-state index in [0.717, 1.165) is 35.8 Å². The van der Waals surface area contributed by atoms with Gasteiger partial charge in [0.25, 0.3) is 5.91 Å². The van der Waals surface area contributed by atoms with Gasteiger partial charge in [0.2, 0.25) is 5.95 Å². The van der Waals surface area contributed by atoms with Gasteiger partial charge in [-0.05, 0) is 62.8 Å². The second-order valence-corrected chi connectivity index (χ2v) is 8.18. The van der Waals surface area contributed by atoms with Crippen molar-refractivity contribution >= 4 is 40.6 Å². The lowest BCUT2D eigenvalue weighted by Crippen LogP contribution is -2.42. The summed E-state index contributed by atoms with van der Waals surface area (Å²) in [5.74, 6) is -0.954.